The summed E-state index contributed by atoms with van der Waals surface area (Å²) in [5, 5.41) is 0. The largest absolute Gasteiger partial charge is 0.321 e. The lowest BCUT2D eigenvalue weighted by atomic mass is 10.0. The molecule has 0 heterocycles. The minimum absolute atomic E-state index is 0.145. The Hall–Kier alpha value is -1.39. The molecule has 4 nitrogen and oxygen atoms in total. The zero-order chi connectivity index (χ0) is 12.0. The maximum Gasteiger partial charge on any atom is 0.128 e. The van der Waals surface area contributed by atoms with Crippen molar-refractivity contribution in [1.29, 1.82) is 0 Å². The van der Waals surface area contributed by atoms with E-state index in [9.17, 15) is 0 Å². The molecule has 0 aliphatic heterocycles. The van der Waals surface area contributed by atoms with E-state index in [0.29, 0.717) is 18.3 Å². The van der Waals surface area contributed by atoms with Gasteiger partial charge in [-0.2, -0.15) is 0 Å². The van der Waals surface area contributed by atoms with E-state index < -0.39 is 0 Å². The van der Waals surface area contributed by atoms with Crippen LogP contribution in [-0.4, -0.2) is 11.9 Å². The zero-order valence-corrected chi connectivity index (χ0v) is 9.85. The van der Waals surface area contributed by atoms with Gasteiger partial charge in [0.05, 0.1) is 12.6 Å². The first-order valence-electron chi connectivity index (χ1n) is 5.45. The summed E-state index contributed by atoms with van der Waals surface area (Å²) >= 11 is 0. The average molecular weight is 220 g/mol. The topological polar surface area (TPSA) is 76.4 Å². The van der Waals surface area contributed by atoms with E-state index >= 15 is 0 Å². The van der Waals surface area contributed by atoms with E-state index in [4.69, 9.17) is 11.6 Å². The van der Waals surface area contributed by atoms with Crippen LogP contribution in [-0.2, 0) is 6.54 Å². The molecule has 0 bridgehead atoms. The first-order chi connectivity index (χ1) is 7.65. The normalized spacial score (nSPS) is 13.9. The fraction of sp³-hybridized carbons (Fsp3) is 0.417. The Balaban J connectivity index is 2.67. The summed E-state index contributed by atoms with van der Waals surface area (Å²) in [4.78, 5) is 4.39. The highest BCUT2D eigenvalue weighted by atomic mass is 15.3. The van der Waals surface area contributed by atoms with Crippen LogP contribution in [0.25, 0.3) is 0 Å². The quantitative estimate of drug-likeness (QED) is 0.307. The third kappa shape index (κ3) is 3.64. The van der Waals surface area contributed by atoms with E-state index in [2.05, 4.69) is 10.4 Å². The van der Waals surface area contributed by atoms with E-state index in [1.807, 2.05) is 44.2 Å². The lowest BCUT2D eigenvalue weighted by Gasteiger charge is -2.17. The van der Waals surface area contributed by atoms with Crippen molar-refractivity contribution >= 4 is 5.84 Å². The van der Waals surface area contributed by atoms with Crippen LogP contribution >= 0.6 is 0 Å². The molecule has 88 valence electrons. The molecule has 0 spiro atoms. The number of hydrogen-bond acceptors (Lipinski definition) is 3. The highest BCUT2D eigenvalue weighted by molar-refractivity contribution is 5.86. The number of rotatable bonds is 4. The van der Waals surface area contributed by atoms with Crippen LogP contribution < -0.4 is 17.0 Å². The van der Waals surface area contributed by atoms with E-state index in [0.717, 1.165) is 5.56 Å². The molecule has 1 aromatic rings. The molecule has 1 atom stereocenters. The van der Waals surface area contributed by atoms with Gasteiger partial charge in [-0.1, -0.05) is 44.2 Å². The molecule has 1 rings (SSSR count). The van der Waals surface area contributed by atoms with Gasteiger partial charge in [0.25, 0.3) is 0 Å². The van der Waals surface area contributed by atoms with Crippen LogP contribution in [0.1, 0.15) is 19.4 Å². The van der Waals surface area contributed by atoms with Gasteiger partial charge >= 0.3 is 0 Å². The average Bonchev–Trinajstić information content (AvgIpc) is 2.30. The first kappa shape index (κ1) is 12.7. The molecule has 0 fully saturated rings. The summed E-state index contributed by atoms with van der Waals surface area (Å²) < 4.78 is 0. The molecule has 0 saturated heterocycles. The highest BCUT2D eigenvalue weighted by Crippen LogP contribution is 2.03. The second-order valence-corrected chi connectivity index (χ2v) is 4.10. The third-order valence-electron chi connectivity index (χ3n) is 2.46. The molecule has 0 aliphatic rings. The molecule has 16 heavy (non-hydrogen) atoms. The van der Waals surface area contributed by atoms with Crippen molar-refractivity contribution in [1.82, 2.24) is 5.43 Å². The van der Waals surface area contributed by atoms with E-state index in [-0.39, 0.29) is 6.04 Å². The molecule has 0 saturated carbocycles. The lowest BCUT2D eigenvalue weighted by Crippen LogP contribution is -2.47. The van der Waals surface area contributed by atoms with Crippen LogP contribution in [0.3, 0.4) is 0 Å². The van der Waals surface area contributed by atoms with Crippen molar-refractivity contribution in [3.8, 4) is 0 Å². The molecule has 5 N–H and O–H groups in total. The van der Waals surface area contributed by atoms with E-state index in [1.54, 1.807) is 0 Å². The monoisotopic (exact) mass is 220 g/mol. The van der Waals surface area contributed by atoms with Gasteiger partial charge in [0.2, 0.25) is 0 Å². The van der Waals surface area contributed by atoms with Gasteiger partial charge in [0.15, 0.2) is 0 Å². The second kappa shape index (κ2) is 6.25. The van der Waals surface area contributed by atoms with Crippen molar-refractivity contribution in [3.63, 3.8) is 0 Å². The number of benzene rings is 1. The number of nitrogens with one attached hydrogen (secondary N) is 1. The molecule has 4 heteroatoms. The van der Waals surface area contributed by atoms with Crippen LogP contribution in [0, 0.1) is 5.92 Å². The summed E-state index contributed by atoms with van der Waals surface area (Å²) in [6.45, 7) is 4.68. The summed E-state index contributed by atoms with van der Waals surface area (Å²) in [5.74, 6) is 6.38. The molecule has 0 amide bonds. The molecular formula is C12H20N4. The SMILES string of the molecule is CC(C)[C@@H](N)C(=NCc1ccccc1)NN. The number of amidine groups is 1. The van der Waals surface area contributed by atoms with Gasteiger partial charge in [-0.15, -0.1) is 0 Å². The Kier molecular flexibility index (Phi) is 4.95. The minimum Gasteiger partial charge on any atom is -0.321 e. The molecule has 0 aromatic heterocycles. The number of aliphatic imine (C=N–C) groups is 1. The van der Waals surface area contributed by atoms with Gasteiger partial charge in [-0.05, 0) is 11.5 Å². The molecule has 1 aromatic carbocycles. The van der Waals surface area contributed by atoms with Gasteiger partial charge < -0.3 is 11.2 Å². The number of nitrogens with zero attached hydrogens (tertiary/aromatic N) is 1. The van der Waals surface area contributed by atoms with Crippen molar-refractivity contribution < 1.29 is 0 Å². The van der Waals surface area contributed by atoms with Crippen molar-refractivity contribution in [2.75, 3.05) is 0 Å². The predicted octanol–water partition coefficient (Wildman–Crippen LogP) is 1.03. The smallest absolute Gasteiger partial charge is 0.128 e. The summed E-state index contributed by atoms with van der Waals surface area (Å²) in [5.41, 5.74) is 9.69. The van der Waals surface area contributed by atoms with Gasteiger partial charge in [0.1, 0.15) is 5.84 Å². The maximum absolute atomic E-state index is 5.96. The lowest BCUT2D eigenvalue weighted by molar-refractivity contribution is 0.579. The zero-order valence-electron chi connectivity index (χ0n) is 9.85. The van der Waals surface area contributed by atoms with Crippen molar-refractivity contribution in [2.45, 2.75) is 26.4 Å². The Morgan fingerprint density at radius 3 is 2.44 bits per heavy atom. The highest BCUT2D eigenvalue weighted by Gasteiger charge is 2.13. The number of hydrogen-bond donors (Lipinski definition) is 3. The fourth-order valence-electron chi connectivity index (χ4n) is 1.32. The molecule has 0 unspecified atom stereocenters. The Morgan fingerprint density at radius 1 is 1.31 bits per heavy atom. The summed E-state index contributed by atoms with van der Waals surface area (Å²) in [6.07, 6.45) is 0. The molecule has 0 aliphatic carbocycles. The fourth-order valence-corrected chi connectivity index (χ4v) is 1.32. The standard InChI is InChI=1S/C12H20N4/c1-9(2)11(13)12(16-14)15-8-10-6-4-3-5-7-10/h3-7,9,11H,8,13-14H2,1-2H3,(H,15,16)/t11-/m1/s1. The van der Waals surface area contributed by atoms with Crippen LogP contribution in [0.4, 0.5) is 0 Å². The van der Waals surface area contributed by atoms with Crippen molar-refractivity contribution in [3.05, 3.63) is 35.9 Å². The van der Waals surface area contributed by atoms with Crippen LogP contribution in [0.5, 0.6) is 0 Å². The van der Waals surface area contributed by atoms with Gasteiger partial charge in [-0.3, -0.25) is 4.99 Å². The molecule has 0 radical (unpaired) electrons. The van der Waals surface area contributed by atoms with Crippen LogP contribution in [0.2, 0.25) is 0 Å². The van der Waals surface area contributed by atoms with Gasteiger partial charge in [0, 0.05) is 0 Å². The summed E-state index contributed by atoms with van der Waals surface area (Å²) in [6, 6.07) is 9.87. The second-order valence-electron chi connectivity index (χ2n) is 4.10. The third-order valence-corrected chi connectivity index (χ3v) is 2.46. The molecular weight excluding hydrogens is 200 g/mol. The predicted molar refractivity (Wildman–Crippen MR) is 67.7 cm³/mol. The van der Waals surface area contributed by atoms with Crippen molar-refractivity contribution in [2.24, 2.45) is 22.5 Å². The van der Waals surface area contributed by atoms with Crippen LogP contribution in [0.15, 0.2) is 35.3 Å². The number of nitrogens with two attached hydrogens (primary N) is 2. The number of hydrazine groups is 1. The Morgan fingerprint density at radius 2 is 1.94 bits per heavy atom. The minimum atomic E-state index is -0.145. The Bertz CT molecular complexity index is 332. The maximum atomic E-state index is 5.96. The Labute approximate surface area is 96.7 Å². The van der Waals surface area contributed by atoms with E-state index in [1.165, 1.54) is 0 Å². The van der Waals surface area contributed by atoms with Gasteiger partial charge in [-0.25, -0.2) is 5.84 Å². The summed E-state index contributed by atoms with van der Waals surface area (Å²) in [7, 11) is 0. The first-order valence-corrected chi connectivity index (χ1v) is 5.45.